The van der Waals surface area contributed by atoms with E-state index in [0.29, 0.717) is 25.4 Å². The van der Waals surface area contributed by atoms with E-state index < -0.39 is 41.5 Å². The molecule has 174 valence electrons. The Morgan fingerprint density at radius 1 is 1.07 bits per heavy atom. The monoisotopic (exact) mass is 450 g/mol. The van der Waals surface area contributed by atoms with E-state index in [0.717, 1.165) is 0 Å². The maximum atomic E-state index is 12.5. The van der Waals surface area contributed by atoms with Crippen LogP contribution in [0, 0.1) is 11.8 Å². The molecule has 0 bridgehead atoms. The van der Waals surface area contributed by atoms with Crippen molar-refractivity contribution < 1.29 is 38.5 Å². The minimum Gasteiger partial charge on any atom is -0.480 e. The number of hydrogen-bond donors (Lipinski definition) is 2. The zero-order chi connectivity index (χ0) is 23.1. The van der Waals surface area contributed by atoms with E-state index >= 15 is 0 Å². The molecule has 2 unspecified atom stereocenters. The topological polar surface area (TPSA) is 128 Å². The number of hydrogen-bond acceptors (Lipinski definition) is 7. The number of aliphatic carboxylic acids is 1. The van der Waals surface area contributed by atoms with Crippen LogP contribution in [0.1, 0.15) is 33.1 Å². The van der Waals surface area contributed by atoms with Crippen molar-refractivity contribution in [2.45, 2.75) is 39.2 Å². The van der Waals surface area contributed by atoms with Crippen molar-refractivity contribution in [1.82, 2.24) is 5.32 Å². The van der Waals surface area contributed by atoms with Gasteiger partial charge >= 0.3 is 11.9 Å². The van der Waals surface area contributed by atoms with Crippen LogP contribution in [0.25, 0.3) is 0 Å². The first kappa shape index (κ1) is 28.4. The van der Waals surface area contributed by atoms with Crippen molar-refractivity contribution in [2.75, 3.05) is 51.8 Å². The first-order chi connectivity index (χ1) is 14.1. The van der Waals surface area contributed by atoms with Crippen molar-refractivity contribution in [3.8, 4) is 0 Å². The van der Waals surface area contributed by atoms with Gasteiger partial charge in [0, 0.05) is 20.0 Å². The van der Waals surface area contributed by atoms with Crippen molar-refractivity contribution >= 4 is 34.5 Å². The predicted octanol–water partition coefficient (Wildman–Crippen LogP) is 0.652. The number of Topliss-reactive ketones (excluding diaryl/α,β-unsaturated/α-hetero) is 1. The Kier molecular flexibility index (Phi) is 15.2. The molecule has 0 aromatic rings. The van der Waals surface area contributed by atoms with Gasteiger partial charge < -0.3 is 24.6 Å². The highest BCUT2D eigenvalue weighted by atomic mass is 32.2. The number of rotatable bonds is 17. The smallest absolute Gasteiger partial charge is 0.326 e. The molecule has 2 N–H and O–H groups in total. The van der Waals surface area contributed by atoms with Crippen molar-refractivity contribution in [2.24, 2.45) is 11.8 Å². The first-order valence-electron chi connectivity index (χ1n) is 9.97. The third-order valence-electron chi connectivity index (χ3n) is 4.36. The van der Waals surface area contributed by atoms with Crippen LogP contribution in [0.5, 0.6) is 0 Å². The Balaban J connectivity index is 4.59. The second-order valence-electron chi connectivity index (χ2n) is 7.18. The van der Waals surface area contributed by atoms with Crippen LogP contribution in [0.3, 0.4) is 0 Å². The average Bonchev–Trinajstić information content (AvgIpc) is 2.67. The molecule has 9 nitrogen and oxygen atoms in total. The molecular formula is C20H36NO8S+. The molecule has 0 aliphatic carbocycles. The van der Waals surface area contributed by atoms with Gasteiger partial charge in [0.2, 0.25) is 5.91 Å². The molecule has 0 spiro atoms. The van der Waals surface area contributed by atoms with Crippen LogP contribution < -0.4 is 5.32 Å². The summed E-state index contributed by atoms with van der Waals surface area (Å²) in [6, 6.07) is -1.03. The summed E-state index contributed by atoms with van der Waals surface area (Å²) in [6.07, 6.45) is 4.35. The Hall–Kier alpha value is -1.65. The maximum Gasteiger partial charge on any atom is 0.326 e. The summed E-state index contributed by atoms with van der Waals surface area (Å²) in [7, 11) is 1.60. The molecule has 3 atom stereocenters. The summed E-state index contributed by atoms with van der Waals surface area (Å²) in [6.45, 7) is 4.36. The van der Waals surface area contributed by atoms with Crippen molar-refractivity contribution in [3.05, 3.63) is 0 Å². The molecule has 0 saturated carbocycles. The van der Waals surface area contributed by atoms with Gasteiger partial charge in [-0.1, -0.05) is 13.8 Å². The molecule has 10 heteroatoms. The molecule has 0 fully saturated rings. The lowest BCUT2D eigenvalue weighted by Crippen LogP contribution is -2.46. The van der Waals surface area contributed by atoms with Crippen LogP contribution in [-0.4, -0.2) is 86.6 Å². The van der Waals surface area contributed by atoms with Crippen LogP contribution >= 0.6 is 0 Å². The fourth-order valence-electron chi connectivity index (χ4n) is 2.56. The summed E-state index contributed by atoms with van der Waals surface area (Å²) in [5.41, 5.74) is 0. The van der Waals surface area contributed by atoms with E-state index in [-0.39, 0.29) is 37.0 Å². The second kappa shape index (κ2) is 16.1. The first-order valence-corrected chi connectivity index (χ1v) is 12.2. The molecule has 0 saturated heterocycles. The Bertz CT molecular complexity index is 555. The lowest BCUT2D eigenvalue weighted by atomic mass is 9.92. The third kappa shape index (κ3) is 12.1. The largest absolute Gasteiger partial charge is 0.480 e. The number of carboxylic acids is 1. The molecular weight excluding hydrogens is 414 g/mol. The number of amides is 1. The average molecular weight is 451 g/mol. The fraction of sp³-hybridized carbons (Fsp3) is 0.800. The highest BCUT2D eigenvalue weighted by Crippen LogP contribution is 2.14. The molecule has 0 aliphatic rings. The minimum absolute atomic E-state index is 0.0442. The van der Waals surface area contributed by atoms with Crippen molar-refractivity contribution in [1.29, 1.82) is 0 Å². The highest BCUT2D eigenvalue weighted by Gasteiger charge is 2.31. The molecule has 0 aliphatic heterocycles. The van der Waals surface area contributed by atoms with Crippen molar-refractivity contribution in [3.63, 3.8) is 0 Å². The van der Waals surface area contributed by atoms with E-state index in [1.54, 1.807) is 21.0 Å². The van der Waals surface area contributed by atoms with Gasteiger partial charge in [0.25, 0.3) is 0 Å². The summed E-state index contributed by atoms with van der Waals surface area (Å²) < 4.78 is 15.1. The zero-order valence-electron chi connectivity index (χ0n) is 18.6. The summed E-state index contributed by atoms with van der Waals surface area (Å²) in [4.78, 5) is 48.5. The fourth-order valence-corrected chi connectivity index (χ4v) is 3.26. The summed E-state index contributed by atoms with van der Waals surface area (Å²) in [5.74, 6) is -3.74. The number of ether oxygens (including phenoxy) is 3. The van der Waals surface area contributed by atoms with Gasteiger partial charge in [0.05, 0.1) is 44.2 Å². The normalized spacial score (nSPS) is 14.1. The number of nitrogens with one attached hydrogen (secondary N) is 1. The quantitative estimate of drug-likeness (QED) is 0.143. The Morgan fingerprint density at radius 2 is 1.70 bits per heavy atom. The molecule has 1 amide bonds. The van der Waals surface area contributed by atoms with Gasteiger partial charge in [-0.15, -0.1) is 0 Å². The van der Waals surface area contributed by atoms with Gasteiger partial charge in [0.1, 0.15) is 24.2 Å². The number of carboxylic acid groups (broad SMARTS) is 1. The third-order valence-corrected chi connectivity index (χ3v) is 5.41. The molecule has 0 radical (unpaired) electrons. The van der Waals surface area contributed by atoms with E-state index in [9.17, 15) is 24.3 Å². The molecule has 0 aromatic carbocycles. The number of carbonyl (C=O) groups excluding carboxylic acids is 3. The van der Waals surface area contributed by atoms with E-state index in [1.165, 1.54) is 0 Å². The molecule has 0 heterocycles. The number of carbonyl (C=O) groups is 4. The van der Waals surface area contributed by atoms with Crippen LogP contribution in [-0.2, 0) is 44.3 Å². The van der Waals surface area contributed by atoms with E-state index in [1.807, 2.05) is 12.5 Å². The van der Waals surface area contributed by atoms with Crippen LogP contribution in [0.15, 0.2) is 0 Å². The van der Waals surface area contributed by atoms with Gasteiger partial charge in [-0.05, 0) is 17.3 Å². The number of methoxy groups -OCH3 is 1. The minimum atomic E-state index is -1.12. The highest BCUT2D eigenvalue weighted by molar-refractivity contribution is 7.95. The summed E-state index contributed by atoms with van der Waals surface area (Å²) >= 11 is 0. The lowest BCUT2D eigenvalue weighted by Gasteiger charge is -2.19. The molecule has 30 heavy (non-hydrogen) atoms. The van der Waals surface area contributed by atoms with Gasteiger partial charge in [-0.2, -0.15) is 0 Å². The molecule has 0 aromatic heterocycles. The number of esters is 1. The zero-order valence-corrected chi connectivity index (χ0v) is 19.4. The number of ketones is 1. The standard InChI is InChI=1S/C20H35NO8S/c1-6-15(18(23)21-16(19(24)25)7-12-30(4)5)17(22)13-14(2)20(26)29-11-10-28-9-8-27-3/h14-16H,6-13H2,1-5H3,(H-,21,23,24,25)/p+1/t14?,15?,16-/m1/s1. The van der Waals surface area contributed by atoms with E-state index in [2.05, 4.69) is 5.32 Å². The Morgan fingerprint density at radius 3 is 2.23 bits per heavy atom. The van der Waals surface area contributed by atoms with Gasteiger partial charge in [0.15, 0.2) is 0 Å². The molecule has 0 rings (SSSR count). The summed E-state index contributed by atoms with van der Waals surface area (Å²) in [5, 5.41) is 11.8. The van der Waals surface area contributed by atoms with Crippen LogP contribution in [0.2, 0.25) is 0 Å². The van der Waals surface area contributed by atoms with E-state index in [4.69, 9.17) is 14.2 Å². The van der Waals surface area contributed by atoms with Gasteiger partial charge in [-0.25, -0.2) is 4.79 Å². The second-order valence-corrected chi connectivity index (χ2v) is 9.56. The Labute approximate surface area is 181 Å². The lowest BCUT2D eigenvalue weighted by molar-refractivity contribution is -0.152. The van der Waals surface area contributed by atoms with Crippen LogP contribution in [0.4, 0.5) is 0 Å². The SMILES string of the molecule is CCC(C(=O)CC(C)C(=O)OCCOCCOC)C(=O)N[C@H](CC[S+](C)C)C(=O)O. The maximum absolute atomic E-state index is 12.5. The van der Waals surface area contributed by atoms with Gasteiger partial charge in [-0.3, -0.25) is 14.4 Å². The predicted molar refractivity (Wildman–Crippen MR) is 114 cm³/mol.